The molecule has 0 aliphatic rings. The highest BCUT2D eigenvalue weighted by Gasteiger charge is 2.15. The first kappa shape index (κ1) is 20.1. The number of hydrogen-bond acceptors (Lipinski definition) is 4. The van der Waals surface area contributed by atoms with Crippen molar-refractivity contribution in [2.75, 3.05) is 6.61 Å². The van der Waals surface area contributed by atoms with Crippen molar-refractivity contribution in [2.45, 2.75) is 26.7 Å². The third-order valence-corrected chi connectivity index (χ3v) is 5.09. The Morgan fingerprint density at radius 3 is 2.71 bits per heavy atom. The number of fused-ring (bicyclic) bond motifs is 1. The van der Waals surface area contributed by atoms with Crippen LogP contribution in [0.1, 0.15) is 30.9 Å². The lowest BCUT2D eigenvalue weighted by molar-refractivity contribution is -0.120. The summed E-state index contributed by atoms with van der Waals surface area (Å²) in [7, 11) is 1.72. The van der Waals surface area contributed by atoms with Crippen LogP contribution in [0, 0.1) is 6.92 Å². The van der Waals surface area contributed by atoms with Crippen LogP contribution in [0.5, 0.6) is 11.6 Å². The summed E-state index contributed by atoms with van der Waals surface area (Å²) < 4.78 is 8.08. The van der Waals surface area contributed by atoms with Gasteiger partial charge < -0.3 is 14.4 Å². The third-order valence-electron chi connectivity index (χ3n) is 4.60. The standard InChI is InChI=1S/C21H22BrN3O3/c1-12(2)14-6-5-13(3)18(9-14)28-11-19(26)23-24-20-16-10-15(22)7-8-17(16)25(4)21(20)27/h5-10,12,27H,11H2,1-4H3. The number of ether oxygens (including phenoxy) is 1. The molecule has 1 N–H and O–H groups in total. The van der Waals surface area contributed by atoms with E-state index in [4.69, 9.17) is 4.74 Å². The van der Waals surface area contributed by atoms with Crippen LogP contribution in [0.3, 0.4) is 0 Å². The summed E-state index contributed by atoms with van der Waals surface area (Å²) >= 11 is 3.40. The zero-order valence-electron chi connectivity index (χ0n) is 16.2. The van der Waals surface area contributed by atoms with E-state index in [1.54, 1.807) is 11.6 Å². The van der Waals surface area contributed by atoms with Crippen molar-refractivity contribution < 1.29 is 14.6 Å². The van der Waals surface area contributed by atoms with Gasteiger partial charge in [-0.25, -0.2) is 0 Å². The lowest BCUT2D eigenvalue weighted by atomic mass is 10.0. The molecule has 1 amide bonds. The van der Waals surface area contributed by atoms with Gasteiger partial charge >= 0.3 is 5.91 Å². The summed E-state index contributed by atoms with van der Waals surface area (Å²) in [5.41, 5.74) is 3.14. The number of aromatic hydroxyl groups is 1. The van der Waals surface area contributed by atoms with Crippen molar-refractivity contribution in [3.8, 4) is 11.6 Å². The van der Waals surface area contributed by atoms with Crippen LogP contribution in [0.2, 0.25) is 0 Å². The molecule has 28 heavy (non-hydrogen) atoms. The molecule has 0 radical (unpaired) electrons. The molecule has 0 atom stereocenters. The average molecular weight is 444 g/mol. The number of halogens is 1. The molecule has 2 aromatic carbocycles. The summed E-state index contributed by atoms with van der Waals surface area (Å²) in [5.74, 6) is 0.450. The Bertz CT molecular complexity index is 1070. The van der Waals surface area contributed by atoms with E-state index < -0.39 is 5.91 Å². The summed E-state index contributed by atoms with van der Waals surface area (Å²) in [6, 6.07) is 11.5. The predicted molar refractivity (Wildman–Crippen MR) is 113 cm³/mol. The second-order valence-electron chi connectivity index (χ2n) is 6.95. The van der Waals surface area contributed by atoms with Gasteiger partial charge in [0.2, 0.25) is 5.88 Å². The van der Waals surface area contributed by atoms with Gasteiger partial charge in [-0.3, -0.25) is 4.79 Å². The predicted octanol–water partition coefficient (Wildman–Crippen LogP) is 5.77. The van der Waals surface area contributed by atoms with E-state index in [9.17, 15) is 9.90 Å². The molecule has 0 aliphatic carbocycles. The van der Waals surface area contributed by atoms with E-state index in [1.165, 1.54) is 0 Å². The van der Waals surface area contributed by atoms with Gasteiger partial charge in [0.25, 0.3) is 0 Å². The molecule has 0 unspecified atom stereocenters. The van der Waals surface area contributed by atoms with Crippen molar-refractivity contribution in [3.05, 3.63) is 52.0 Å². The van der Waals surface area contributed by atoms with Crippen LogP contribution in [-0.4, -0.2) is 22.2 Å². The molecular formula is C21H22BrN3O3. The maximum absolute atomic E-state index is 12.2. The normalized spacial score (nSPS) is 11.6. The molecule has 0 aliphatic heterocycles. The summed E-state index contributed by atoms with van der Waals surface area (Å²) in [6.45, 7) is 5.91. The van der Waals surface area contributed by atoms with Crippen LogP contribution in [0.25, 0.3) is 10.9 Å². The SMILES string of the molecule is Cc1ccc(C(C)C)cc1OCC(=O)N=Nc1c(O)n(C)c2ccc(Br)cc12. The minimum Gasteiger partial charge on any atom is -0.493 e. The quantitative estimate of drug-likeness (QED) is 0.508. The Morgan fingerprint density at radius 2 is 2.00 bits per heavy atom. The first-order chi connectivity index (χ1) is 13.3. The largest absolute Gasteiger partial charge is 0.493 e. The molecule has 1 heterocycles. The van der Waals surface area contributed by atoms with Gasteiger partial charge in [0.15, 0.2) is 12.3 Å². The minimum atomic E-state index is -0.527. The molecule has 1 aromatic heterocycles. The van der Waals surface area contributed by atoms with Gasteiger partial charge in [-0.05, 0) is 48.2 Å². The molecule has 0 saturated heterocycles. The van der Waals surface area contributed by atoms with Crippen molar-refractivity contribution in [1.29, 1.82) is 0 Å². The monoisotopic (exact) mass is 443 g/mol. The summed E-state index contributed by atoms with van der Waals surface area (Å²) in [6.07, 6.45) is 0. The highest BCUT2D eigenvalue weighted by molar-refractivity contribution is 9.10. The highest BCUT2D eigenvalue weighted by atomic mass is 79.9. The number of benzene rings is 2. The topological polar surface area (TPSA) is 76.2 Å². The molecule has 3 rings (SSSR count). The number of amides is 1. The Kier molecular flexibility index (Phi) is 5.84. The fraction of sp³-hybridized carbons (Fsp3) is 0.286. The van der Waals surface area contributed by atoms with E-state index in [2.05, 4.69) is 46.1 Å². The van der Waals surface area contributed by atoms with Gasteiger partial charge in [-0.15, -0.1) is 10.2 Å². The van der Waals surface area contributed by atoms with Crippen LogP contribution in [0.4, 0.5) is 5.69 Å². The van der Waals surface area contributed by atoms with E-state index in [-0.39, 0.29) is 18.2 Å². The van der Waals surface area contributed by atoms with Crippen LogP contribution in [0.15, 0.2) is 51.1 Å². The molecule has 0 fully saturated rings. The number of azo groups is 1. The molecular weight excluding hydrogens is 422 g/mol. The Hall–Kier alpha value is -2.67. The molecule has 0 saturated carbocycles. The molecule has 0 spiro atoms. The van der Waals surface area contributed by atoms with Crippen molar-refractivity contribution in [2.24, 2.45) is 17.3 Å². The number of carbonyl (C=O) groups is 1. The maximum Gasteiger partial charge on any atom is 0.302 e. The van der Waals surface area contributed by atoms with Crippen molar-refractivity contribution >= 4 is 38.4 Å². The molecule has 3 aromatic rings. The van der Waals surface area contributed by atoms with E-state index in [0.29, 0.717) is 17.1 Å². The summed E-state index contributed by atoms with van der Waals surface area (Å²) in [4.78, 5) is 12.2. The Balaban J connectivity index is 1.77. The molecule has 0 bridgehead atoms. The number of aromatic nitrogens is 1. The van der Waals surface area contributed by atoms with Gasteiger partial charge in [-0.2, -0.15) is 0 Å². The van der Waals surface area contributed by atoms with Crippen LogP contribution in [-0.2, 0) is 11.8 Å². The Labute approximate surface area is 172 Å². The fourth-order valence-corrected chi connectivity index (χ4v) is 3.25. The third kappa shape index (κ3) is 4.09. The van der Waals surface area contributed by atoms with Gasteiger partial charge in [0.05, 0.1) is 5.52 Å². The maximum atomic E-state index is 12.2. The van der Waals surface area contributed by atoms with E-state index in [0.717, 1.165) is 21.1 Å². The molecule has 6 nitrogen and oxygen atoms in total. The lowest BCUT2D eigenvalue weighted by Crippen LogP contribution is -2.09. The van der Waals surface area contributed by atoms with E-state index >= 15 is 0 Å². The van der Waals surface area contributed by atoms with Gasteiger partial charge in [-0.1, -0.05) is 41.9 Å². The molecule has 7 heteroatoms. The molecule has 146 valence electrons. The second-order valence-corrected chi connectivity index (χ2v) is 7.87. The summed E-state index contributed by atoms with van der Waals surface area (Å²) in [5, 5.41) is 18.7. The number of carbonyl (C=O) groups excluding carboxylic acids is 1. The van der Waals surface area contributed by atoms with Crippen molar-refractivity contribution in [3.63, 3.8) is 0 Å². The number of aryl methyl sites for hydroxylation is 2. The zero-order valence-corrected chi connectivity index (χ0v) is 17.8. The highest BCUT2D eigenvalue weighted by Crippen LogP contribution is 2.39. The number of hydrogen-bond donors (Lipinski definition) is 1. The lowest BCUT2D eigenvalue weighted by Gasteiger charge is -2.11. The van der Waals surface area contributed by atoms with Gasteiger partial charge in [0.1, 0.15) is 5.75 Å². The van der Waals surface area contributed by atoms with Crippen LogP contribution >= 0.6 is 15.9 Å². The average Bonchev–Trinajstić information content (AvgIpc) is 2.89. The second kappa shape index (κ2) is 8.14. The number of nitrogens with zero attached hydrogens (tertiary/aromatic N) is 3. The fourth-order valence-electron chi connectivity index (χ4n) is 2.89. The first-order valence-corrected chi connectivity index (χ1v) is 9.72. The van der Waals surface area contributed by atoms with E-state index in [1.807, 2.05) is 37.3 Å². The first-order valence-electron chi connectivity index (χ1n) is 8.92. The zero-order chi connectivity index (χ0) is 20.4. The van der Waals surface area contributed by atoms with Crippen LogP contribution < -0.4 is 4.74 Å². The Morgan fingerprint density at radius 1 is 1.25 bits per heavy atom. The van der Waals surface area contributed by atoms with Gasteiger partial charge in [0, 0.05) is 16.9 Å². The smallest absolute Gasteiger partial charge is 0.302 e. The minimum absolute atomic E-state index is 0.0500. The number of rotatable bonds is 5. The van der Waals surface area contributed by atoms with Crippen molar-refractivity contribution in [1.82, 2.24) is 4.57 Å².